The van der Waals surface area contributed by atoms with Crippen LogP contribution in [0.25, 0.3) is 11.2 Å². The molecule has 2 aliphatic rings. The van der Waals surface area contributed by atoms with Gasteiger partial charge in [0.25, 0.3) is 12.1 Å². The van der Waals surface area contributed by atoms with Crippen LogP contribution in [0.4, 0.5) is 5.82 Å². The highest BCUT2D eigenvalue weighted by Gasteiger charge is 2.50. The van der Waals surface area contributed by atoms with Gasteiger partial charge in [0.1, 0.15) is 48.2 Å². The maximum absolute atomic E-state index is 12.5. The van der Waals surface area contributed by atoms with Crippen LogP contribution in [0.1, 0.15) is 28.6 Å². The molecule has 1 amide bonds. The summed E-state index contributed by atoms with van der Waals surface area (Å²) in [5, 5.41) is 41.9. The third kappa shape index (κ3) is 6.91. The van der Waals surface area contributed by atoms with E-state index in [1.165, 1.54) is 33.7 Å². The molecule has 0 bridgehead atoms. The van der Waals surface area contributed by atoms with Gasteiger partial charge in [0.05, 0.1) is 13.2 Å². The molecular formula is C22H30N7O14P2+. The van der Waals surface area contributed by atoms with Gasteiger partial charge in [0, 0.05) is 6.07 Å². The van der Waals surface area contributed by atoms with Gasteiger partial charge in [-0.1, -0.05) is 0 Å². The number of aromatic nitrogens is 5. The zero-order chi connectivity index (χ0) is 32.8. The van der Waals surface area contributed by atoms with Crippen LogP contribution < -0.4 is 16.0 Å². The number of phosphoric ester groups is 2. The number of nitrogens with two attached hydrogens (primary N) is 2. The quantitative estimate of drug-likeness (QED) is 0.0755. The zero-order valence-electron chi connectivity index (χ0n) is 23.2. The van der Waals surface area contributed by atoms with Crippen molar-refractivity contribution in [3.05, 3.63) is 42.2 Å². The highest BCUT2D eigenvalue weighted by molar-refractivity contribution is 7.61. The van der Waals surface area contributed by atoms with Gasteiger partial charge in [-0.3, -0.25) is 18.4 Å². The number of nitrogens with zero attached hydrogens (tertiary/aromatic N) is 5. The second-order valence-corrected chi connectivity index (χ2v) is 13.1. The lowest BCUT2D eigenvalue weighted by atomic mass is 10.1. The van der Waals surface area contributed by atoms with Gasteiger partial charge >= 0.3 is 15.6 Å². The van der Waals surface area contributed by atoms with Crippen LogP contribution >= 0.6 is 15.6 Å². The maximum atomic E-state index is 12.5. The maximum Gasteiger partial charge on any atom is 0.481 e. The van der Waals surface area contributed by atoms with E-state index in [1.54, 1.807) is 6.92 Å². The highest BCUT2D eigenvalue weighted by atomic mass is 31.3. The van der Waals surface area contributed by atoms with Crippen molar-refractivity contribution in [3.8, 4) is 0 Å². The van der Waals surface area contributed by atoms with Crippen LogP contribution in [0.5, 0.6) is 0 Å². The first-order chi connectivity index (χ1) is 21.1. The van der Waals surface area contributed by atoms with E-state index in [0.29, 0.717) is 0 Å². The summed E-state index contributed by atoms with van der Waals surface area (Å²) in [6.45, 7) is -0.243. The molecule has 2 aliphatic heterocycles. The average Bonchev–Trinajstić information content (AvgIpc) is 3.56. The Labute approximate surface area is 252 Å². The van der Waals surface area contributed by atoms with Crippen LogP contribution in [0, 0.1) is 6.92 Å². The molecule has 21 nitrogen and oxygen atoms in total. The van der Waals surface area contributed by atoms with Crippen molar-refractivity contribution < 1.29 is 71.5 Å². The molecule has 23 heteroatoms. The summed E-state index contributed by atoms with van der Waals surface area (Å²) in [4.78, 5) is 43.7. The Morgan fingerprint density at radius 1 is 1.02 bits per heavy atom. The van der Waals surface area contributed by atoms with E-state index in [1.807, 2.05) is 0 Å². The fraction of sp³-hybridized carbons (Fsp3) is 0.500. The summed E-state index contributed by atoms with van der Waals surface area (Å²) >= 11 is 0. The summed E-state index contributed by atoms with van der Waals surface area (Å²) in [6.07, 6.45) is -8.08. The van der Waals surface area contributed by atoms with E-state index in [-0.39, 0.29) is 28.4 Å². The van der Waals surface area contributed by atoms with Crippen molar-refractivity contribution in [2.24, 2.45) is 5.73 Å². The molecule has 0 aromatic carbocycles. The number of carbonyl (C=O) groups is 1. The number of aliphatic hydroxyl groups excluding tert-OH is 4. The van der Waals surface area contributed by atoms with Crippen LogP contribution in [-0.4, -0.2) is 105 Å². The second-order valence-electron chi connectivity index (χ2n) is 10.1. The number of carbonyl (C=O) groups excluding carboxylic acids is 1. The Balaban J connectivity index is 1.17. The number of amides is 1. The van der Waals surface area contributed by atoms with Crippen molar-refractivity contribution in [1.82, 2.24) is 19.5 Å². The molecule has 5 unspecified atom stereocenters. The molecule has 3 aromatic heterocycles. The monoisotopic (exact) mass is 678 g/mol. The molecule has 10 N–H and O–H groups in total. The first-order valence-corrected chi connectivity index (χ1v) is 16.0. The standard InChI is InChI=1S/C22H29N7O14P2/c1-9-27-13-18(23)25-8-26-20(13)29(9)22-17(33)15(31)12(42-22)7-40-45(37,38)43-44(35,36)39-6-11-14(30)16(32)21(41-11)28-4-2-3-10(5-28)19(24)34/h2-5,8,11-12,14-17,21-22,30-33H,6-7H2,1H3,(H5-,23,24,25,26,34,35,36,37,38)/p+1/t11-,12-,14?,15+,16?,17?,21-,22-/m1/s1. The lowest BCUT2D eigenvalue weighted by Gasteiger charge is -2.20. The van der Waals surface area contributed by atoms with Gasteiger partial charge in [-0.25, -0.2) is 24.1 Å². The van der Waals surface area contributed by atoms with Crippen LogP contribution in [-0.2, 0) is 32.0 Å². The van der Waals surface area contributed by atoms with Crippen molar-refractivity contribution in [2.75, 3.05) is 18.9 Å². The van der Waals surface area contributed by atoms with E-state index < -0.39 is 83.8 Å². The summed E-state index contributed by atoms with van der Waals surface area (Å²) in [7, 11) is -10.8. The number of nitrogen functional groups attached to an aromatic ring is 1. The number of anilines is 1. The Morgan fingerprint density at radius 3 is 2.29 bits per heavy atom. The van der Waals surface area contributed by atoms with Crippen molar-refractivity contribution >= 4 is 38.5 Å². The summed E-state index contributed by atoms with van der Waals surface area (Å²) < 4.78 is 52.3. The summed E-state index contributed by atoms with van der Waals surface area (Å²) in [6, 6.07) is 2.84. The molecule has 0 radical (unpaired) electrons. The van der Waals surface area contributed by atoms with E-state index in [2.05, 4.69) is 19.3 Å². The molecule has 5 rings (SSSR count). The zero-order valence-corrected chi connectivity index (χ0v) is 24.9. The Morgan fingerprint density at radius 2 is 1.64 bits per heavy atom. The molecule has 0 spiro atoms. The minimum atomic E-state index is -5.38. The Bertz CT molecular complexity index is 1680. The van der Waals surface area contributed by atoms with Crippen LogP contribution in [0.3, 0.4) is 0 Å². The van der Waals surface area contributed by atoms with Crippen molar-refractivity contribution in [1.29, 1.82) is 0 Å². The predicted octanol–water partition coefficient (Wildman–Crippen LogP) is -2.71. The smallest absolute Gasteiger partial charge is 0.387 e. The van der Waals surface area contributed by atoms with Gasteiger partial charge in [-0.2, -0.15) is 8.88 Å². The molecule has 246 valence electrons. The van der Waals surface area contributed by atoms with Gasteiger partial charge < -0.3 is 51.2 Å². The third-order valence-corrected chi connectivity index (χ3v) is 9.62. The molecule has 0 saturated carbocycles. The fourth-order valence-electron chi connectivity index (χ4n) is 4.84. The van der Waals surface area contributed by atoms with Crippen molar-refractivity contribution in [2.45, 2.75) is 56.0 Å². The predicted molar refractivity (Wildman–Crippen MR) is 144 cm³/mol. The molecule has 5 heterocycles. The first kappa shape index (κ1) is 33.4. The summed E-state index contributed by atoms with van der Waals surface area (Å²) in [5.41, 5.74) is 11.5. The normalized spacial score (nSPS) is 31.2. The van der Waals surface area contributed by atoms with Gasteiger partial charge in [0.2, 0.25) is 0 Å². The molecule has 10 atom stereocenters. The van der Waals surface area contributed by atoms with Crippen LogP contribution in [0.15, 0.2) is 30.9 Å². The minimum Gasteiger partial charge on any atom is -0.387 e. The molecule has 2 fully saturated rings. The van der Waals surface area contributed by atoms with Gasteiger partial charge in [-0.05, 0) is 13.0 Å². The molecule has 0 aliphatic carbocycles. The third-order valence-electron chi connectivity index (χ3n) is 7.02. The molecule has 2 saturated heterocycles. The van der Waals surface area contributed by atoms with E-state index in [0.717, 1.165) is 6.33 Å². The summed E-state index contributed by atoms with van der Waals surface area (Å²) in [5.74, 6) is -0.418. The SMILES string of the molecule is Cc1nc2c(N)ncnc2n1[C@@H]1O[C@H](COP(=O)(O)OP(=O)(O)OC[C@H]2O[C@@H]([n+]3cccc(C(N)=O)c3)C(O)C2O)[C@H](O)C1O. The average molecular weight is 678 g/mol. The number of hydrogen-bond acceptors (Lipinski definition) is 16. The number of phosphoric acid groups is 2. The number of rotatable bonds is 11. The number of aryl methyl sites for hydroxylation is 1. The fourth-order valence-corrected chi connectivity index (χ4v) is 6.93. The number of hydrogen-bond donors (Lipinski definition) is 8. The van der Waals surface area contributed by atoms with Crippen LogP contribution in [0.2, 0.25) is 0 Å². The number of pyridine rings is 1. The molecule has 45 heavy (non-hydrogen) atoms. The van der Waals surface area contributed by atoms with Crippen molar-refractivity contribution in [3.63, 3.8) is 0 Å². The lowest BCUT2D eigenvalue weighted by molar-refractivity contribution is -0.765. The largest absolute Gasteiger partial charge is 0.481 e. The first-order valence-electron chi connectivity index (χ1n) is 13.0. The second kappa shape index (κ2) is 12.6. The number of aliphatic hydroxyl groups is 4. The highest BCUT2D eigenvalue weighted by Crippen LogP contribution is 2.60. The Kier molecular flexibility index (Phi) is 9.38. The van der Waals surface area contributed by atoms with E-state index >= 15 is 0 Å². The van der Waals surface area contributed by atoms with E-state index in [4.69, 9.17) is 30.0 Å². The lowest BCUT2D eigenvalue weighted by Crippen LogP contribution is -2.46. The Hall–Kier alpha value is -3.01. The number of fused-ring (bicyclic) bond motifs is 1. The number of imidazole rings is 1. The van der Waals surface area contributed by atoms with Gasteiger partial charge in [-0.15, -0.1) is 0 Å². The number of primary amides is 1. The topological polar surface area (TPSA) is 318 Å². The van der Waals surface area contributed by atoms with Gasteiger partial charge in [0.15, 0.2) is 41.7 Å². The van der Waals surface area contributed by atoms with E-state index in [9.17, 15) is 44.1 Å². The number of ether oxygens (including phenoxy) is 2. The minimum absolute atomic E-state index is 0.0580. The molecular weight excluding hydrogens is 648 g/mol. The molecule has 3 aromatic rings.